The first kappa shape index (κ1) is 10.5. The number of aryl methyl sites for hydroxylation is 2. The lowest BCUT2D eigenvalue weighted by Crippen LogP contribution is -1.90. The van der Waals surface area contributed by atoms with Crippen molar-refractivity contribution in [2.45, 2.75) is 11.8 Å². The van der Waals surface area contributed by atoms with E-state index in [-0.39, 0.29) is 4.90 Å². The van der Waals surface area contributed by atoms with Gasteiger partial charge < -0.3 is 4.57 Å². The summed E-state index contributed by atoms with van der Waals surface area (Å²) < 4.78 is 24.3. The highest BCUT2D eigenvalue weighted by atomic mass is 35.7. The van der Waals surface area contributed by atoms with E-state index in [4.69, 9.17) is 10.7 Å². The average Bonchev–Trinajstić information content (AvgIpc) is 2.41. The second kappa shape index (κ2) is 3.25. The molecule has 0 spiro atoms. The van der Waals surface area contributed by atoms with Gasteiger partial charge in [-0.2, -0.15) is 0 Å². The Morgan fingerprint density at radius 2 is 2.00 bits per heavy atom. The third kappa shape index (κ3) is 1.75. The van der Waals surface area contributed by atoms with Crippen LogP contribution in [0.5, 0.6) is 0 Å². The summed E-state index contributed by atoms with van der Waals surface area (Å²) in [5.41, 5.74) is 2.03. The van der Waals surface area contributed by atoms with Crippen molar-refractivity contribution in [2.75, 3.05) is 0 Å². The monoisotopic (exact) mass is 243 g/mol. The second-order valence-corrected chi connectivity index (χ2v) is 6.11. The lowest BCUT2D eigenvalue weighted by Gasteiger charge is -1.98. The summed E-state index contributed by atoms with van der Waals surface area (Å²) in [5, 5.41) is 0.916. The first-order valence-electron chi connectivity index (χ1n) is 4.40. The summed E-state index contributed by atoms with van der Waals surface area (Å²) in [7, 11) is 3.57. The number of aromatic nitrogens is 1. The van der Waals surface area contributed by atoms with E-state index in [1.807, 2.05) is 24.7 Å². The van der Waals surface area contributed by atoms with Gasteiger partial charge in [-0.1, -0.05) is 0 Å². The van der Waals surface area contributed by atoms with Crippen LogP contribution >= 0.6 is 10.7 Å². The number of rotatable bonds is 1. The number of nitrogens with zero attached hydrogens (tertiary/aromatic N) is 1. The van der Waals surface area contributed by atoms with Gasteiger partial charge >= 0.3 is 0 Å². The predicted octanol–water partition coefficient (Wildman–Crippen LogP) is 2.41. The molecule has 0 N–H and O–H groups in total. The summed E-state index contributed by atoms with van der Waals surface area (Å²) in [6.45, 7) is 1.94. The summed E-state index contributed by atoms with van der Waals surface area (Å²) >= 11 is 0. The number of fused-ring (bicyclic) bond motifs is 1. The molecule has 2 aromatic rings. The van der Waals surface area contributed by atoms with Crippen LogP contribution in [0.3, 0.4) is 0 Å². The summed E-state index contributed by atoms with van der Waals surface area (Å²) in [6, 6.07) is 4.88. The van der Waals surface area contributed by atoms with Gasteiger partial charge in [0, 0.05) is 34.8 Å². The van der Waals surface area contributed by atoms with Crippen LogP contribution in [0.2, 0.25) is 0 Å². The molecular formula is C10H10ClNO2S. The van der Waals surface area contributed by atoms with Crippen LogP contribution in [0.4, 0.5) is 0 Å². The van der Waals surface area contributed by atoms with E-state index in [0.29, 0.717) is 0 Å². The third-order valence-electron chi connectivity index (χ3n) is 2.44. The first-order valence-corrected chi connectivity index (χ1v) is 6.71. The second-order valence-electron chi connectivity index (χ2n) is 3.54. The van der Waals surface area contributed by atoms with E-state index in [2.05, 4.69) is 0 Å². The molecule has 80 valence electrons. The number of halogens is 1. The molecule has 0 bridgehead atoms. The van der Waals surface area contributed by atoms with Crippen LogP contribution in [-0.2, 0) is 16.1 Å². The third-order valence-corrected chi connectivity index (χ3v) is 3.79. The van der Waals surface area contributed by atoms with E-state index < -0.39 is 9.05 Å². The lowest BCUT2D eigenvalue weighted by atomic mass is 10.2. The number of benzene rings is 1. The van der Waals surface area contributed by atoms with Gasteiger partial charge in [0.2, 0.25) is 0 Å². The average molecular weight is 244 g/mol. The molecule has 0 aliphatic rings. The van der Waals surface area contributed by atoms with E-state index in [0.717, 1.165) is 16.5 Å². The van der Waals surface area contributed by atoms with Gasteiger partial charge in [0.05, 0.1) is 4.90 Å². The molecule has 0 saturated carbocycles. The van der Waals surface area contributed by atoms with Crippen molar-refractivity contribution in [3.63, 3.8) is 0 Å². The van der Waals surface area contributed by atoms with Crippen LogP contribution < -0.4 is 0 Å². The van der Waals surface area contributed by atoms with Crippen molar-refractivity contribution in [1.82, 2.24) is 4.57 Å². The molecule has 0 unspecified atom stereocenters. The van der Waals surface area contributed by atoms with Crippen LogP contribution in [0.15, 0.2) is 29.3 Å². The molecule has 0 fully saturated rings. The Kier molecular flexibility index (Phi) is 2.28. The molecule has 3 nitrogen and oxygen atoms in total. The Morgan fingerprint density at radius 3 is 2.60 bits per heavy atom. The van der Waals surface area contributed by atoms with Crippen molar-refractivity contribution in [2.24, 2.45) is 7.05 Å². The van der Waals surface area contributed by atoms with E-state index in [1.54, 1.807) is 12.1 Å². The first-order chi connectivity index (χ1) is 6.89. The van der Waals surface area contributed by atoms with Gasteiger partial charge in [0.1, 0.15) is 0 Å². The Hall–Kier alpha value is -1.00. The highest BCUT2D eigenvalue weighted by Crippen LogP contribution is 2.24. The van der Waals surface area contributed by atoms with Crippen molar-refractivity contribution in [1.29, 1.82) is 0 Å². The molecule has 0 radical (unpaired) electrons. The van der Waals surface area contributed by atoms with Crippen molar-refractivity contribution in [3.8, 4) is 0 Å². The highest BCUT2D eigenvalue weighted by molar-refractivity contribution is 8.13. The maximum absolute atomic E-state index is 11.2. The maximum Gasteiger partial charge on any atom is 0.261 e. The number of hydrogen-bond acceptors (Lipinski definition) is 2. The molecule has 0 aliphatic heterocycles. The minimum absolute atomic E-state index is 0.144. The Morgan fingerprint density at radius 1 is 1.33 bits per heavy atom. The molecule has 1 aromatic carbocycles. The Labute approximate surface area is 92.7 Å². The van der Waals surface area contributed by atoms with Gasteiger partial charge in [-0.25, -0.2) is 8.42 Å². The van der Waals surface area contributed by atoms with E-state index >= 15 is 0 Å². The maximum atomic E-state index is 11.2. The Balaban J connectivity index is 2.82. The van der Waals surface area contributed by atoms with Crippen molar-refractivity contribution < 1.29 is 8.42 Å². The molecule has 0 atom stereocenters. The lowest BCUT2D eigenvalue weighted by molar-refractivity contribution is 0.609. The van der Waals surface area contributed by atoms with Crippen LogP contribution in [0.1, 0.15) is 5.56 Å². The number of hydrogen-bond donors (Lipinski definition) is 0. The van der Waals surface area contributed by atoms with Crippen LogP contribution in [0.25, 0.3) is 10.9 Å². The fourth-order valence-electron chi connectivity index (χ4n) is 1.72. The van der Waals surface area contributed by atoms with E-state index in [1.165, 1.54) is 6.07 Å². The molecule has 15 heavy (non-hydrogen) atoms. The zero-order valence-electron chi connectivity index (χ0n) is 8.36. The van der Waals surface area contributed by atoms with Gasteiger partial charge in [-0.15, -0.1) is 0 Å². The predicted molar refractivity (Wildman–Crippen MR) is 60.7 cm³/mol. The van der Waals surface area contributed by atoms with Gasteiger partial charge in [0.25, 0.3) is 9.05 Å². The van der Waals surface area contributed by atoms with Gasteiger partial charge in [-0.3, -0.25) is 0 Å². The molecule has 5 heteroatoms. The zero-order chi connectivity index (χ0) is 11.2. The van der Waals surface area contributed by atoms with Crippen LogP contribution in [-0.4, -0.2) is 13.0 Å². The fraction of sp³-hybridized carbons (Fsp3) is 0.200. The fourth-order valence-corrected chi connectivity index (χ4v) is 2.50. The summed E-state index contributed by atoms with van der Waals surface area (Å²) in [6.07, 6.45) is 1.95. The minimum atomic E-state index is -3.64. The SMILES string of the molecule is Cc1cn(C)c2ccc(S(=O)(=O)Cl)cc12. The van der Waals surface area contributed by atoms with Crippen LogP contribution in [0, 0.1) is 6.92 Å². The topological polar surface area (TPSA) is 39.1 Å². The van der Waals surface area contributed by atoms with Gasteiger partial charge in [-0.05, 0) is 30.7 Å². The minimum Gasteiger partial charge on any atom is -0.350 e. The smallest absolute Gasteiger partial charge is 0.261 e. The Bertz CT molecular complexity index is 628. The zero-order valence-corrected chi connectivity index (χ0v) is 9.93. The standard InChI is InChI=1S/C10H10ClNO2S/c1-7-6-12(2)10-4-3-8(5-9(7)10)15(11,13)14/h3-6H,1-2H3. The molecule has 1 aromatic heterocycles. The van der Waals surface area contributed by atoms with Crippen molar-refractivity contribution in [3.05, 3.63) is 30.0 Å². The van der Waals surface area contributed by atoms with Gasteiger partial charge in [0.15, 0.2) is 0 Å². The molecular weight excluding hydrogens is 234 g/mol. The van der Waals surface area contributed by atoms with Crippen molar-refractivity contribution >= 4 is 30.6 Å². The molecule has 2 rings (SSSR count). The largest absolute Gasteiger partial charge is 0.350 e. The molecule has 0 aliphatic carbocycles. The quantitative estimate of drug-likeness (QED) is 0.722. The summed E-state index contributed by atoms with van der Waals surface area (Å²) in [4.78, 5) is 0.144. The van der Waals surface area contributed by atoms with E-state index in [9.17, 15) is 8.42 Å². The summed E-state index contributed by atoms with van der Waals surface area (Å²) in [5.74, 6) is 0. The molecule has 0 amide bonds. The highest BCUT2D eigenvalue weighted by Gasteiger charge is 2.12. The molecule has 0 saturated heterocycles. The molecule has 1 heterocycles. The normalized spacial score (nSPS) is 12.2.